The monoisotopic (exact) mass is 392 g/mol. The van der Waals surface area contributed by atoms with E-state index >= 15 is 0 Å². The van der Waals surface area contributed by atoms with E-state index in [4.69, 9.17) is 4.74 Å². The second kappa shape index (κ2) is 8.39. The highest BCUT2D eigenvalue weighted by Gasteiger charge is 2.23. The van der Waals surface area contributed by atoms with Crippen LogP contribution in [0.3, 0.4) is 0 Å². The summed E-state index contributed by atoms with van der Waals surface area (Å²) in [6, 6.07) is 14.8. The molecule has 0 atom stereocenters. The van der Waals surface area contributed by atoms with Gasteiger partial charge in [-0.3, -0.25) is 4.79 Å². The van der Waals surface area contributed by atoms with Gasteiger partial charge < -0.3 is 25.2 Å². The van der Waals surface area contributed by atoms with Gasteiger partial charge in [-0.05, 0) is 17.7 Å². The molecule has 148 valence electrons. The number of allylic oxidation sites excluding steroid dienone is 1. The zero-order chi connectivity index (χ0) is 21.0. The Bertz CT molecular complexity index is 1070. The zero-order valence-electron chi connectivity index (χ0n) is 15.7. The summed E-state index contributed by atoms with van der Waals surface area (Å²) in [5.41, 5.74) is 1.04. The minimum absolute atomic E-state index is 0.0296. The van der Waals surface area contributed by atoms with E-state index in [1.165, 1.54) is 25.3 Å². The first-order valence-electron chi connectivity index (χ1n) is 8.81. The smallest absolute Gasteiger partial charge is 0.193 e. The van der Waals surface area contributed by atoms with Gasteiger partial charge in [0.2, 0.25) is 0 Å². The highest BCUT2D eigenvalue weighted by Crippen LogP contribution is 2.41. The second-order valence-corrected chi connectivity index (χ2v) is 6.37. The van der Waals surface area contributed by atoms with E-state index in [-0.39, 0.29) is 34.8 Å². The molecule has 0 bridgehead atoms. The Balaban J connectivity index is 2.03. The number of carbonyl (C=O) groups excluding carboxylic acids is 1. The van der Waals surface area contributed by atoms with Crippen LogP contribution in [-0.2, 0) is 6.42 Å². The molecular formula is C23H20O6. The van der Waals surface area contributed by atoms with Crippen molar-refractivity contribution in [1.82, 2.24) is 0 Å². The molecule has 0 aromatic heterocycles. The zero-order valence-corrected chi connectivity index (χ0v) is 15.7. The molecule has 0 spiro atoms. The van der Waals surface area contributed by atoms with E-state index in [0.29, 0.717) is 5.56 Å². The van der Waals surface area contributed by atoms with Crippen molar-refractivity contribution in [1.29, 1.82) is 0 Å². The third-order valence-electron chi connectivity index (χ3n) is 4.50. The number of methoxy groups -OCH3 is 1. The van der Waals surface area contributed by atoms with E-state index < -0.39 is 17.3 Å². The highest BCUT2D eigenvalue weighted by molar-refractivity contribution is 6.11. The van der Waals surface area contributed by atoms with Crippen LogP contribution in [0.5, 0.6) is 28.7 Å². The molecule has 0 aliphatic carbocycles. The largest absolute Gasteiger partial charge is 0.507 e. The van der Waals surface area contributed by atoms with Crippen molar-refractivity contribution in [3.8, 4) is 28.7 Å². The third kappa shape index (κ3) is 4.16. The quantitative estimate of drug-likeness (QED) is 0.287. The summed E-state index contributed by atoms with van der Waals surface area (Å²) in [7, 11) is 1.36. The second-order valence-electron chi connectivity index (χ2n) is 6.37. The lowest BCUT2D eigenvalue weighted by Crippen LogP contribution is -2.02. The van der Waals surface area contributed by atoms with Crippen LogP contribution in [0.2, 0.25) is 0 Å². The molecule has 6 nitrogen and oxygen atoms in total. The number of phenolic OH excluding ortho intramolecular Hbond substituents is 4. The Morgan fingerprint density at radius 3 is 2.34 bits per heavy atom. The summed E-state index contributed by atoms with van der Waals surface area (Å²) < 4.78 is 5.22. The molecule has 0 unspecified atom stereocenters. The van der Waals surface area contributed by atoms with E-state index in [2.05, 4.69) is 0 Å². The topological polar surface area (TPSA) is 107 Å². The van der Waals surface area contributed by atoms with Crippen LogP contribution < -0.4 is 4.74 Å². The van der Waals surface area contributed by atoms with E-state index in [1.54, 1.807) is 18.2 Å². The predicted molar refractivity (Wildman–Crippen MR) is 109 cm³/mol. The standard InChI is InChI=1S/C23H20O6/c1-29-20-13-19(26)21(17(24)11-10-14-6-3-2-4-7-14)23(28)16(20)12-15-8-5-9-18(25)22(15)27/h2-11,13,25-28H,12H2,1H3. The van der Waals surface area contributed by atoms with Gasteiger partial charge in [0.1, 0.15) is 22.8 Å². The van der Waals surface area contributed by atoms with Gasteiger partial charge in [-0.25, -0.2) is 0 Å². The van der Waals surface area contributed by atoms with Crippen LogP contribution in [-0.4, -0.2) is 33.3 Å². The summed E-state index contributed by atoms with van der Waals surface area (Å²) in [4.78, 5) is 12.6. The van der Waals surface area contributed by atoms with Crippen molar-refractivity contribution in [3.63, 3.8) is 0 Å². The first kappa shape index (κ1) is 19.8. The minimum Gasteiger partial charge on any atom is -0.507 e. The molecule has 0 radical (unpaired) electrons. The summed E-state index contributed by atoms with van der Waals surface area (Å²) in [5.74, 6) is -1.96. The number of phenols is 4. The number of ketones is 1. The van der Waals surface area contributed by atoms with Gasteiger partial charge >= 0.3 is 0 Å². The fourth-order valence-electron chi connectivity index (χ4n) is 3.00. The maximum atomic E-state index is 12.6. The highest BCUT2D eigenvalue weighted by atomic mass is 16.5. The molecule has 3 rings (SSSR count). The van der Waals surface area contributed by atoms with E-state index in [9.17, 15) is 25.2 Å². The maximum absolute atomic E-state index is 12.6. The molecule has 0 amide bonds. The van der Waals surface area contributed by atoms with Crippen LogP contribution in [0.15, 0.2) is 60.7 Å². The van der Waals surface area contributed by atoms with Gasteiger partial charge in [-0.1, -0.05) is 48.5 Å². The van der Waals surface area contributed by atoms with E-state index in [0.717, 1.165) is 5.56 Å². The lowest BCUT2D eigenvalue weighted by atomic mass is 9.96. The maximum Gasteiger partial charge on any atom is 0.193 e. The third-order valence-corrected chi connectivity index (χ3v) is 4.50. The fourth-order valence-corrected chi connectivity index (χ4v) is 3.00. The summed E-state index contributed by atoms with van der Waals surface area (Å²) in [5, 5.41) is 40.8. The molecule has 0 fully saturated rings. The molecule has 0 saturated heterocycles. The number of benzene rings is 3. The van der Waals surface area contributed by atoms with Crippen LogP contribution in [0.1, 0.15) is 27.0 Å². The molecule has 0 aliphatic rings. The number of hydrogen-bond donors (Lipinski definition) is 4. The van der Waals surface area contributed by atoms with Crippen LogP contribution >= 0.6 is 0 Å². The van der Waals surface area contributed by atoms with E-state index in [1.807, 2.05) is 30.3 Å². The Hall–Kier alpha value is -3.93. The number of ether oxygens (including phenoxy) is 1. The average Bonchev–Trinajstić information content (AvgIpc) is 2.72. The number of rotatable bonds is 6. The predicted octanol–water partition coefficient (Wildman–Crippen LogP) is 4.00. The Morgan fingerprint density at radius 2 is 1.66 bits per heavy atom. The van der Waals surface area contributed by atoms with Gasteiger partial charge in [0.15, 0.2) is 17.3 Å². The minimum atomic E-state index is -0.590. The molecular weight excluding hydrogens is 372 g/mol. The number of hydrogen-bond acceptors (Lipinski definition) is 6. The number of carbonyl (C=O) groups is 1. The SMILES string of the molecule is COc1cc(O)c(C(=O)C=Cc2ccccc2)c(O)c1Cc1cccc(O)c1O. The fraction of sp³-hybridized carbons (Fsp3) is 0.0870. The lowest BCUT2D eigenvalue weighted by Gasteiger charge is -2.15. The van der Waals surface area contributed by atoms with Gasteiger partial charge in [0, 0.05) is 23.6 Å². The lowest BCUT2D eigenvalue weighted by molar-refractivity contribution is 0.104. The molecule has 0 heterocycles. The summed E-state index contributed by atoms with van der Waals surface area (Å²) in [6.45, 7) is 0. The number of para-hydroxylation sites is 1. The Morgan fingerprint density at radius 1 is 0.931 bits per heavy atom. The molecule has 4 N–H and O–H groups in total. The van der Waals surface area contributed by atoms with Crippen LogP contribution in [0.25, 0.3) is 6.08 Å². The Labute approximate surface area is 167 Å². The van der Waals surface area contributed by atoms with Crippen LogP contribution in [0.4, 0.5) is 0 Å². The van der Waals surface area contributed by atoms with Gasteiger partial charge in [0.05, 0.1) is 7.11 Å². The summed E-state index contributed by atoms with van der Waals surface area (Å²) >= 11 is 0. The van der Waals surface area contributed by atoms with Gasteiger partial charge in [0.25, 0.3) is 0 Å². The Kier molecular flexibility index (Phi) is 5.74. The molecule has 6 heteroatoms. The average molecular weight is 392 g/mol. The number of aromatic hydroxyl groups is 4. The molecule has 0 aliphatic heterocycles. The molecule has 3 aromatic rings. The van der Waals surface area contributed by atoms with Gasteiger partial charge in [-0.2, -0.15) is 0 Å². The molecule has 29 heavy (non-hydrogen) atoms. The molecule has 0 saturated carbocycles. The normalized spacial score (nSPS) is 10.9. The van der Waals surface area contributed by atoms with Gasteiger partial charge in [-0.15, -0.1) is 0 Å². The first-order valence-corrected chi connectivity index (χ1v) is 8.81. The van der Waals surface area contributed by atoms with Crippen molar-refractivity contribution < 1.29 is 30.0 Å². The van der Waals surface area contributed by atoms with Crippen molar-refractivity contribution >= 4 is 11.9 Å². The van der Waals surface area contributed by atoms with Crippen molar-refractivity contribution in [3.05, 3.63) is 82.9 Å². The van der Waals surface area contributed by atoms with Crippen LogP contribution in [0, 0.1) is 0 Å². The first-order chi connectivity index (χ1) is 13.9. The van der Waals surface area contributed by atoms with Crippen molar-refractivity contribution in [2.45, 2.75) is 6.42 Å². The summed E-state index contributed by atoms with van der Waals surface area (Å²) in [6.07, 6.45) is 2.80. The van der Waals surface area contributed by atoms with Crippen molar-refractivity contribution in [2.75, 3.05) is 7.11 Å². The van der Waals surface area contributed by atoms with Crippen molar-refractivity contribution in [2.24, 2.45) is 0 Å². The molecule has 3 aromatic carbocycles.